The number of esters is 2. The number of para-hydroxylation sites is 1. The highest BCUT2D eigenvalue weighted by Crippen LogP contribution is 2.25. The second-order valence-electron chi connectivity index (χ2n) is 6.00. The van der Waals surface area contributed by atoms with Gasteiger partial charge in [0, 0.05) is 32.0 Å². The molecule has 9 nitrogen and oxygen atoms in total. The van der Waals surface area contributed by atoms with Crippen LogP contribution in [0.15, 0.2) is 24.3 Å². The number of hydrogen-bond acceptors (Lipinski definition) is 8. The third kappa shape index (κ3) is 8.08. The fraction of sp³-hybridized carbons (Fsp3) is 0.550. The largest absolute Gasteiger partial charge is 0.467 e. The highest BCUT2D eigenvalue weighted by molar-refractivity contribution is 5.85. The average molecular weight is 410 g/mol. The number of amides is 1. The Labute approximate surface area is 171 Å². The molecule has 1 amide bonds. The first-order chi connectivity index (χ1) is 13.9. The van der Waals surface area contributed by atoms with Gasteiger partial charge in [0.05, 0.1) is 7.11 Å². The molecule has 3 atom stereocenters. The summed E-state index contributed by atoms with van der Waals surface area (Å²) in [5, 5.41) is 5.66. The van der Waals surface area contributed by atoms with Crippen molar-refractivity contribution in [3.8, 4) is 0 Å². The number of ether oxygens (including phenoxy) is 4. The molecule has 1 heterocycles. The summed E-state index contributed by atoms with van der Waals surface area (Å²) in [6.07, 6.45) is -3.13. The Balaban J connectivity index is 0.00000204. The number of carbonyl (C=O) groups is 3. The molecular formula is C20H30N2O7. The molecule has 29 heavy (non-hydrogen) atoms. The number of anilines is 1. The standard InChI is InChI=1S/C18H24N2O7.C2H6/c1-11(21)25-13-8-15(17(22)24-3)26-16(9-13)27-18(23)20-14-7-5-4-6-12(14)10-19-2;1-2/h4-7,13,15-16,19H,8-10H2,1-3H3,(H,20,23);1-2H3. The van der Waals surface area contributed by atoms with E-state index in [1.54, 1.807) is 19.2 Å². The lowest BCUT2D eigenvalue weighted by atomic mass is 10.0. The van der Waals surface area contributed by atoms with E-state index in [4.69, 9.17) is 14.2 Å². The summed E-state index contributed by atoms with van der Waals surface area (Å²) in [5.41, 5.74) is 1.47. The maximum Gasteiger partial charge on any atom is 0.413 e. The molecule has 0 aliphatic carbocycles. The topological polar surface area (TPSA) is 112 Å². The normalized spacial score (nSPS) is 20.5. The Morgan fingerprint density at radius 2 is 1.83 bits per heavy atom. The molecule has 0 aromatic heterocycles. The lowest BCUT2D eigenvalue weighted by Gasteiger charge is -2.32. The zero-order valence-electron chi connectivity index (χ0n) is 17.5. The minimum Gasteiger partial charge on any atom is -0.467 e. The smallest absolute Gasteiger partial charge is 0.413 e. The monoisotopic (exact) mass is 410 g/mol. The molecule has 1 saturated heterocycles. The van der Waals surface area contributed by atoms with Crippen LogP contribution in [-0.4, -0.2) is 50.7 Å². The molecule has 1 aliphatic heterocycles. The molecule has 162 valence electrons. The van der Waals surface area contributed by atoms with Gasteiger partial charge in [-0.2, -0.15) is 0 Å². The van der Waals surface area contributed by atoms with E-state index in [1.807, 2.05) is 26.0 Å². The predicted molar refractivity (Wildman–Crippen MR) is 106 cm³/mol. The molecule has 1 aliphatic rings. The molecule has 9 heteroatoms. The van der Waals surface area contributed by atoms with Crippen LogP contribution in [0.4, 0.5) is 10.5 Å². The minimum atomic E-state index is -1.05. The number of benzene rings is 1. The maximum atomic E-state index is 12.3. The zero-order chi connectivity index (χ0) is 21.8. The summed E-state index contributed by atoms with van der Waals surface area (Å²) in [7, 11) is 3.02. The van der Waals surface area contributed by atoms with E-state index in [0.29, 0.717) is 12.2 Å². The van der Waals surface area contributed by atoms with E-state index in [0.717, 1.165) is 5.56 Å². The van der Waals surface area contributed by atoms with Gasteiger partial charge in [-0.1, -0.05) is 32.0 Å². The van der Waals surface area contributed by atoms with Gasteiger partial charge >= 0.3 is 18.0 Å². The van der Waals surface area contributed by atoms with Crippen molar-refractivity contribution >= 4 is 23.7 Å². The summed E-state index contributed by atoms with van der Waals surface area (Å²) in [4.78, 5) is 35.3. The van der Waals surface area contributed by atoms with Crippen molar-refractivity contribution in [3.63, 3.8) is 0 Å². The molecule has 0 spiro atoms. The quantitative estimate of drug-likeness (QED) is 0.544. The molecule has 0 saturated carbocycles. The van der Waals surface area contributed by atoms with Gasteiger partial charge in [-0.05, 0) is 18.7 Å². The summed E-state index contributed by atoms with van der Waals surface area (Å²) in [6, 6.07) is 7.26. The first-order valence-corrected chi connectivity index (χ1v) is 9.53. The van der Waals surface area contributed by atoms with Crippen molar-refractivity contribution in [2.75, 3.05) is 19.5 Å². The maximum absolute atomic E-state index is 12.3. The number of nitrogens with one attached hydrogen (secondary N) is 2. The van der Waals surface area contributed by atoms with Gasteiger partial charge in [0.25, 0.3) is 0 Å². The lowest BCUT2D eigenvalue weighted by Crippen LogP contribution is -2.44. The van der Waals surface area contributed by atoms with Gasteiger partial charge in [-0.25, -0.2) is 9.59 Å². The van der Waals surface area contributed by atoms with Gasteiger partial charge in [0.2, 0.25) is 6.29 Å². The number of methoxy groups -OCH3 is 1. The van der Waals surface area contributed by atoms with Crippen LogP contribution in [0.2, 0.25) is 0 Å². The first kappa shape index (κ1) is 24.4. The molecule has 0 bridgehead atoms. The SMILES string of the molecule is CC.CNCc1ccccc1NC(=O)OC1CC(OC(C)=O)CC(C(=O)OC)O1. The van der Waals surface area contributed by atoms with Crippen LogP contribution >= 0.6 is 0 Å². The third-order valence-electron chi connectivity index (χ3n) is 3.90. The lowest BCUT2D eigenvalue weighted by molar-refractivity contribution is -0.210. The summed E-state index contributed by atoms with van der Waals surface area (Å²) < 4.78 is 20.6. The summed E-state index contributed by atoms with van der Waals surface area (Å²) in [6.45, 7) is 5.83. The Hall–Kier alpha value is -2.65. The molecular weight excluding hydrogens is 380 g/mol. The minimum absolute atomic E-state index is 0.124. The average Bonchev–Trinajstić information content (AvgIpc) is 2.69. The second-order valence-corrected chi connectivity index (χ2v) is 6.00. The Morgan fingerprint density at radius 1 is 1.14 bits per heavy atom. The van der Waals surface area contributed by atoms with Crippen molar-refractivity contribution in [2.24, 2.45) is 0 Å². The van der Waals surface area contributed by atoms with Gasteiger partial charge in [-0.15, -0.1) is 0 Å². The highest BCUT2D eigenvalue weighted by Gasteiger charge is 2.37. The van der Waals surface area contributed by atoms with Crippen LogP contribution in [0.1, 0.15) is 39.2 Å². The van der Waals surface area contributed by atoms with Crippen LogP contribution in [0.3, 0.4) is 0 Å². The fourth-order valence-electron chi connectivity index (χ4n) is 2.78. The van der Waals surface area contributed by atoms with Crippen molar-refractivity contribution in [1.29, 1.82) is 0 Å². The van der Waals surface area contributed by atoms with Crippen molar-refractivity contribution in [1.82, 2.24) is 5.32 Å². The van der Waals surface area contributed by atoms with E-state index in [2.05, 4.69) is 15.4 Å². The van der Waals surface area contributed by atoms with Crippen LogP contribution in [0.25, 0.3) is 0 Å². The van der Waals surface area contributed by atoms with E-state index < -0.39 is 36.5 Å². The highest BCUT2D eigenvalue weighted by atomic mass is 16.7. The Morgan fingerprint density at radius 3 is 2.45 bits per heavy atom. The van der Waals surface area contributed by atoms with Gasteiger partial charge in [-0.3, -0.25) is 10.1 Å². The van der Waals surface area contributed by atoms with E-state index in [-0.39, 0.29) is 12.8 Å². The van der Waals surface area contributed by atoms with Gasteiger partial charge in [0.1, 0.15) is 6.10 Å². The summed E-state index contributed by atoms with van der Waals surface area (Å²) in [5.74, 6) is -1.12. The molecule has 0 radical (unpaired) electrons. The molecule has 1 aromatic carbocycles. The molecule has 1 fully saturated rings. The predicted octanol–water partition coefficient (Wildman–Crippen LogP) is 2.59. The first-order valence-electron chi connectivity index (χ1n) is 9.53. The molecule has 2 rings (SSSR count). The van der Waals surface area contributed by atoms with Crippen LogP contribution in [-0.2, 0) is 35.1 Å². The molecule has 2 N–H and O–H groups in total. The Kier molecular flexibility index (Phi) is 10.7. The number of hydrogen-bond donors (Lipinski definition) is 2. The third-order valence-corrected chi connectivity index (χ3v) is 3.90. The van der Waals surface area contributed by atoms with E-state index >= 15 is 0 Å². The van der Waals surface area contributed by atoms with Crippen molar-refractivity contribution < 1.29 is 33.3 Å². The van der Waals surface area contributed by atoms with E-state index in [1.165, 1.54) is 14.0 Å². The van der Waals surface area contributed by atoms with Crippen LogP contribution < -0.4 is 10.6 Å². The summed E-state index contributed by atoms with van der Waals surface area (Å²) >= 11 is 0. The number of carbonyl (C=O) groups excluding carboxylic acids is 3. The van der Waals surface area contributed by atoms with Crippen LogP contribution in [0.5, 0.6) is 0 Å². The van der Waals surface area contributed by atoms with Crippen molar-refractivity contribution in [2.45, 2.75) is 58.7 Å². The van der Waals surface area contributed by atoms with E-state index in [9.17, 15) is 14.4 Å². The van der Waals surface area contributed by atoms with Crippen molar-refractivity contribution in [3.05, 3.63) is 29.8 Å². The molecule has 3 unspecified atom stereocenters. The number of rotatable bonds is 6. The fourth-order valence-corrected chi connectivity index (χ4v) is 2.78. The van der Waals surface area contributed by atoms with Gasteiger partial charge < -0.3 is 24.3 Å². The zero-order valence-corrected chi connectivity index (χ0v) is 17.5. The molecule has 1 aromatic rings. The Bertz CT molecular complexity index is 681. The second kappa shape index (κ2) is 12.7. The van der Waals surface area contributed by atoms with Gasteiger partial charge in [0.15, 0.2) is 6.10 Å². The van der Waals surface area contributed by atoms with Crippen LogP contribution in [0, 0.1) is 0 Å².